The lowest BCUT2D eigenvalue weighted by Crippen LogP contribution is -2.32. The van der Waals surface area contributed by atoms with Gasteiger partial charge in [-0.1, -0.05) is 54.6 Å². The first kappa shape index (κ1) is 24.7. The Morgan fingerprint density at radius 3 is 2.41 bits per heavy atom. The van der Waals surface area contributed by atoms with Gasteiger partial charge in [-0.25, -0.2) is 0 Å². The fourth-order valence-electron chi connectivity index (χ4n) is 5.09. The Hall–Kier alpha value is -3.97. The molecule has 37 heavy (non-hydrogen) atoms. The van der Waals surface area contributed by atoms with Crippen molar-refractivity contribution >= 4 is 28.9 Å². The lowest BCUT2D eigenvalue weighted by atomic mass is 9.96. The molecule has 2 atom stereocenters. The summed E-state index contributed by atoms with van der Waals surface area (Å²) >= 11 is 5.81. The SMILES string of the molecule is Cc1cc([C@@H]2[C@H](c3ccccn3)NC(=S)N2CCC(=O)Nc2ccccc2)c(C)n1Cc1ccccc1. The highest BCUT2D eigenvalue weighted by atomic mass is 32.1. The number of amides is 1. The molecule has 0 bridgehead atoms. The van der Waals surface area contributed by atoms with Crippen molar-refractivity contribution < 1.29 is 4.79 Å². The Labute approximate surface area is 223 Å². The number of rotatable bonds is 8. The van der Waals surface area contributed by atoms with Crippen LogP contribution in [0.4, 0.5) is 5.69 Å². The van der Waals surface area contributed by atoms with Gasteiger partial charge in [0.05, 0.1) is 17.8 Å². The zero-order valence-corrected chi connectivity index (χ0v) is 21.9. The first-order valence-electron chi connectivity index (χ1n) is 12.5. The Morgan fingerprint density at radius 1 is 1.00 bits per heavy atom. The summed E-state index contributed by atoms with van der Waals surface area (Å²) in [5, 5.41) is 7.13. The van der Waals surface area contributed by atoms with Crippen LogP contribution in [-0.2, 0) is 11.3 Å². The molecule has 188 valence electrons. The van der Waals surface area contributed by atoms with Gasteiger partial charge in [0.2, 0.25) is 5.91 Å². The van der Waals surface area contributed by atoms with Crippen LogP contribution in [0.5, 0.6) is 0 Å². The summed E-state index contributed by atoms with van der Waals surface area (Å²) in [6, 6.07) is 28.0. The maximum atomic E-state index is 12.8. The third kappa shape index (κ3) is 5.42. The van der Waals surface area contributed by atoms with Crippen LogP contribution in [0.1, 0.15) is 46.7 Å². The number of nitrogens with one attached hydrogen (secondary N) is 2. The molecule has 0 unspecified atom stereocenters. The summed E-state index contributed by atoms with van der Waals surface area (Å²) in [6.45, 7) is 5.62. The maximum Gasteiger partial charge on any atom is 0.226 e. The van der Waals surface area contributed by atoms with Crippen molar-refractivity contribution in [2.75, 3.05) is 11.9 Å². The quantitative estimate of drug-likeness (QED) is 0.305. The molecule has 1 aliphatic rings. The Morgan fingerprint density at radius 2 is 1.70 bits per heavy atom. The number of nitrogens with zero attached hydrogens (tertiary/aromatic N) is 3. The molecule has 1 fully saturated rings. The van der Waals surface area contributed by atoms with Crippen LogP contribution in [0.3, 0.4) is 0 Å². The lowest BCUT2D eigenvalue weighted by molar-refractivity contribution is -0.116. The van der Waals surface area contributed by atoms with Crippen LogP contribution < -0.4 is 10.6 Å². The number of aryl methyl sites for hydroxylation is 1. The number of hydrogen-bond donors (Lipinski definition) is 2. The number of carbonyl (C=O) groups is 1. The molecule has 2 N–H and O–H groups in total. The van der Waals surface area contributed by atoms with Crippen molar-refractivity contribution in [3.8, 4) is 0 Å². The predicted molar refractivity (Wildman–Crippen MR) is 151 cm³/mol. The zero-order valence-electron chi connectivity index (χ0n) is 21.1. The number of anilines is 1. The summed E-state index contributed by atoms with van der Waals surface area (Å²) < 4.78 is 2.35. The number of thiocarbonyl (C=S) groups is 1. The van der Waals surface area contributed by atoms with Gasteiger partial charge in [0, 0.05) is 42.8 Å². The van der Waals surface area contributed by atoms with Gasteiger partial charge in [-0.05, 0) is 67.5 Å². The number of para-hydroxylation sites is 1. The van der Waals surface area contributed by atoms with Gasteiger partial charge in [0.15, 0.2) is 5.11 Å². The smallest absolute Gasteiger partial charge is 0.226 e. The maximum absolute atomic E-state index is 12.8. The van der Waals surface area contributed by atoms with E-state index in [-0.39, 0.29) is 18.0 Å². The van der Waals surface area contributed by atoms with Crippen LogP contribution in [0.25, 0.3) is 0 Å². The van der Waals surface area contributed by atoms with Crippen molar-refractivity contribution in [1.82, 2.24) is 19.8 Å². The van der Waals surface area contributed by atoms with E-state index in [1.807, 2.05) is 60.8 Å². The molecule has 5 rings (SSSR count). The van der Waals surface area contributed by atoms with Gasteiger partial charge in [0.1, 0.15) is 0 Å². The summed E-state index contributed by atoms with van der Waals surface area (Å²) in [7, 11) is 0. The van der Waals surface area contributed by atoms with Crippen LogP contribution >= 0.6 is 12.2 Å². The second-order valence-electron chi connectivity index (χ2n) is 9.38. The number of aromatic nitrogens is 2. The molecule has 2 aromatic carbocycles. The van der Waals surface area contributed by atoms with Gasteiger partial charge < -0.3 is 20.1 Å². The highest BCUT2D eigenvalue weighted by Crippen LogP contribution is 2.41. The van der Waals surface area contributed by atoms with E-state index in [9.17, 15) is 4.79 Å². The average Bonchev–Trinajstić information content (AvgIpc) is 3.39. The molecule has 2 aromatic heterocycles. The minimum absolute atomic E-state index is 0.0383. The number of hydrogen-bond acceptors (Lipinski definition) is 3. The first-order valence-corrected chi connectivity index (χ1v) is 13.0. The molecular formula is C30H31N5OS. The molecule has 1 saturated heterocycles. The molecular weight excluding hydrogens is 478 g/mol. The monoisotopic (exact) mass is 509 g/mol. The standard InChI is InChI=1S/C30H31N5OS/c1-21-19-25(22(2)35(21)20-23-11-5-3-6-12-23)29-28(26-15-9-10-17-31-26)33-30(37)34(29)18-16-27(36)32-24-13-7-4-8-14-24/h3-15,17,19,28-29H,16,18,20H2,1-2H3,(H,32,36)(H,33,37)/t28-,29+/m0/s1. The van der Waals surface area contributed by atoms with Gasteiger partial charge in [0.25, 0.3) is 0 Å². The van der Waals surface area contributed by atoms with Crippen LogP contribution in [-0.4, -0.2) is 32.0 Å². The minimum Gasteiger partial charge on any atom is -0.352 e. The number of benzene rings is 2. The van der Waals surface area contributed by atoms with Crippen molar-refractivity contribution in [1.29, 1.82) is 0 Å². The lowest BCUT2D eigenvalue weighted by Gasteiger charge is -2.28. The molecule has 6 nitrogen and oxygen atoms in total. The van der Waals surface area contributed by atoms with E-state index in [0.29, 0.717) is 18.1 Å². The van der Waals surface area contributed by atoms with E-state index in [1.165, 1.54) is 22.5 Å². The zero-order chi connectivity index (χ0) is 25.8. The molecule has 4 aromatic rings. The van der Waals surface area contributed by atoms with E-state index < -0.39 is 0 Å². The topological polar surface area (TPSA) is 62.2 Å². The molecule has 1 aliphatic heterocycles. The molecule has 1 amide bonds. The molecule has 3 heterocycles. The molecule has 0 radical (unpaired) electrons. The third-order valence-electron chi connectivity index (χ3n) is 6.95. The van der Waals surface area contributed by atoms with Crippen LogP contribution in [0.2, 0.25) is 0 Å². The van der Waals surface area contributed by atoms with Gasteiger partial charge in [-0.2, -0.15) is 0 Å². The Balaban J connectivity index is 1.44. The molecule has 0 aliphatic carbocycles. The second kappa shape index (κ2) is 11.0. The third-order valence-corrected chi connectivity index (χ3v) is 7.30. The average molecular weight is 510 g/mol. The van der Waals surface area contributed by atoms with E-state index in [4.69, 9.17) is 12.2 Å². The van der Waals surface area contributed by atoms with Gasteiger partial charge in [-0.3, -0.25) is 9.78 Å². The number of pyridine rings is 1. The fraction of sp³-hybridized carbons (Fsp3) is 0.233. The highest BCUT2D eigenvalue weighted by Gasteiger charge is 2.41. The number of carbonyl (C=O) groups excluding carboxylic acids is 1. The highest BCUT2D eigenvalue weighted by molar-refractivity contribution is 7.80. The summed E-state index contributed by atoms with van der Waals surface area (Å²) in [5.74, 6) is -0.0383. The summed E-state index contributed by atoms with van der Waals surface area (Å²) in [4.78, 5) is 19.6. The van der Waals surface area contributed by atoms with Crippen molar-refractivity contribution in [3.63, 3.8) is 0 Å². The van der Waals surface area contributed by atoms with E-state index in [1.54, 1.807) is 0 Å². The summed E-state index contributed by atoms with van der Waals surface area (Å²) in [6.07, 6.45) is 2.14. The second-order valence-corrected chi connectivity index (χ2v) is 9.77. The Kier molecular flexibility index (Phi) is 7.32. The molecule has 0 saturated carbocycles. The largest absolute Gasteiger partial charge is 0.352 e. The normalized spacial score (nSPS) is 17.0. The molecule has 7 heteroatoms. The first-order chi connectivity index (χ1) is 18.0. The van der Waals surface area contributed by atoms with Crippen LogP contribution in [0, 0.1) is 13.8 Å². The molecule has 0 spiro atoms. The van der Waals surface area contributed by atoms with Crippen molar-refractivity contribution in [2.24, 2.45) is 0 Å². The predicted octanol–water partition coefficient (Wildman–Crippen LogP) is 5.55. The van der Waals surface area contributed by atoms with Crippen molar-refractivity contribution in [3.05, 3.63) is 119 Å². The Bertz CT molecular complexity index is 1370. The minimum atomic E-state index is -0.114. The fourth-order valence-corrected chi connectivity index (χ4v) is 5.42. The summed E-state index contributed by atoms with van der Waals surface area (Å²) in [5.41, 5.74) is 6.56. The van der Waals surface area contributed by atoms with Gasteiger partial charge in [-0.15, -0.1) is 0 Å². The van der Waals surface area contributed by atoms with Crippen molar-refractivity contribution in [2.45, 2.75) is 38.9 Å². The van der Waals surface area contributed by atoms with E-state index >= 15 is 0 Å². The van der Waals surface area contributed by atoms with E-state index in [0.717, 1.165) is 17.9 Å². The van der Waals surface area contributed by atoms with Crippen LogP contribution in [0.15, 0.2) is 91.1 Å². The van der Waals surface area contributed by atoms with E-state index in [2.05, 4.69) is 69.3 Å². The van der Waals surface area contributed by atoms with Gasteiger partial charge >= 0.3 is 0 Å².